The number of nitrogens with one attached hydrogen (secondary N) is 1. The summed E-state index contributed by atoms with van der Waals surface area (Å²) in [7, 11) is 0. The van der Waals surface area contributed by atoms with Gasteiger partial charge in [-0.2, -0.15) is 0 Å². The van der Waals surface area contributed by atoms with Gasteiger partial charge in [0.15, 0.2) is 0 Å². The lowest BCUT2D eigenvalue weighted by Crippen LogP contribution is -2.34. The fourth-order valence-electron chi connectivity index (χ4n) is 3.27. The minimum Gasteiger partial charge on any atom is -0.396 e. The molecule has 0 amide bonds. The Hall–Kier alpha value is -2.05. The van der Waals surface area contributed by atoms with Gasteiger partial charge in [-0.25, -0.2) is 4.79 Å². The van der Waals surface area contributed by atoms with Gasteiger partial charge >= 0.3 is 5.69 Å². The highest BCUT2D eigenvalue weighted by molar-refractivity contribution is 7.99. The van der Waals surface area contributed by atoms with Crippen molar-refractivity contribution in [3.05, 3.63) is 68.4 Å². The summed E-state index contributed by atoms with van der Waals surface area (Å²) in [5.74, 6) is 0.234. The van der Waals surface area contributed by atoms with Crippen LogP contribution in [0.5, 0.6) is 0 Å². The minimum atomic E-state index is -0.383. The summed E-state index contributed by atoms with van der Waals surface area (Å²) >= 11 is 1.45. The summed E-state index contributed by atoms with van der Waals surface area (Å²) in [4.78, 5) is 28.5. The third kappa shape index (κ3) is 4.02. The van der Waals surface area contributed by atoms with E-state index in [0.29, 0.717) is 17.1 Å². The molecule has 1 heterocycles. The number of aliphatic hydroxyl groups is 1. The number of nitrogens with zero attached hydrogens (tertiary/aromatic N) is 1. The van der Waals surface area contributed by atoms with Gasteiger partial charge in [0.1, 0.15) is 0 Å². The van der Waals surface area contributed by atoms with Gasteiger partial charge in [-0.05, 0) is 36.8 Å². The molecule has 1 aliphatic carbocycles. The van der Waals surface area contributed by atoms with Gasteiger partial charge in [0.05, 0.1) is 10.6 Å². The van der Waals surface area contributed by atoms with Crippen molar-refractivity contribution >= 4 is 11.8 Å². The molecule has 6 heteroatoms. The van der Waals surface area contributed by atoms with Crippen molar-refractivity contribution in [3.63, 3.8) is 0 Å². The average molecular weight is 372 g/mol. The largest absolute Gasteiger partial charge is 0.396 e. The highest BCUT2D eigenvalue weighted by Gasteiger charge is 2.22. The van der Waals surface area contributed by atoms with E-state index in [9.17, 15) is 14.7 Å². The lowest BCUT2D eigenvalue weighted by Gasteiger charge is -2.18. The zero-order valence-electron chi connectivity index (χ0n) is 15.1. The van der Waals surface area contributed by atoms with Crippen molar-refractivity contribution in [1.29, 1.82) is 0 Å². The molecule has 0 saturated heterocycles. The van der Waals surface area contributed by atoms with E-state index in [-0.39, 0.29) is 29.7 Å². The molecular weight excluding hydrogens is 348 g/mol. The minimum absolute atomic E-state index is 0.000407. The van der Waals surface area contributed by atoms with Gasteiger partial charge in [0, 0.05) is 18.0 Å². The number of hydrogen-bond acceptors (Lipinski definition) is 4. The van der Waals surface area contributed by atoms with Crippen LogP contribution in [0.25, 0.3) is 0 Å². The van der Waals surface area contributed by atoms with Crippen LogP contribution in [0.4, 0.5) is 0 Å². The number of aromatic nitrogens is 2. The quantitative estimate of drug-likeness (QED) is 0.603. The van der Waals surface area contributed by atoms with Crippen molar-refractivity contribution < 1.29 is 5.11 Å². The Morgan fingerprint density at radius 2 is 2.00 bits per heavy atom. The predicted molar refractivity (Wildman–Crippen MR) is 104 cm³/mol. The molecule has 0 spiro atoms. The third-order valence-electron chi connectivity index (χ3n) is 4.63. The SMILES string of the molecule is CC(C)c1c(Sc2ccccc2)n(CC2=CCC(CO)C2)c(=O)[nH]c1=O. The zero-order chi connectivity index (χ0) is 18.7. The topological polar surface area (TPSA) is 75.1 Å². The van der Waals surface area contributed by atoms with Crippen LogP contribution in [-0.2, 0) is 6.54 Å². The van der Waals surface area contributed by atoms with E-state index in [0.717, 1.165) is 23.3 Å². The maximum Gasteiger partial charge on any atom is 0.329 e. The molecule has 2 aromatic rings. The summed E-state index contributed by atoms with van der Waals surface area (Å²) in [6.45, 7) is 4.53. The molecule has 0 aliphatic heterocycles. The van der Waals surface area contributed by atoms with Gasteiger partial charge in [0.2, 0.25) is 0 Å². The van der Waals surface area contributed by atoms with Crippen LogP contribution in [0.1, 0.15) is 38.2 Å². The molecule has 138 valence electrons. The van der Waals surface area contributed by atoms with Crippen LogP contribution in [0.3, 0.4) is 0 Å². The zero-order valence-corrected chi connectivity index (χ0v) is 15.9. The number of H-pyrrole nitrogens is 1. The Balaban J connectivity index is 2.06. The van der Waals surface area contributed by atoms with E-state index in [1.807, 2.05) is 44.2 Å². The van der Waals surface area contributed by atoms with Gasteiger partial charge < -0.3 is 5.11 Å². The second-order valence-electron chi connectivity index (χ2n) is 6.98. The molecule has 5 nitrogen and oxygen atoms in total. The average Bonchev–Trinajstić information content (AvgIpc) is 3.06. The van der Waals surface area contributed by atoms with E-state index in [4.69, 9.17) is 0 Å². The molecule has 26 heavy (non-hydrogen) atoms. The molecule has 2 N–H and O–H groups in total. The third-order valence-corrected chi connectivity index (χ3v) is 5.77. The smallest absolute Gasteiger partial charge is 0.329 e. The van der Waals surface area contributed by atoms with Gasteiger partial charge in [-0.1, -0.05) is 55.5 Å². The first-order chi connectivity index (χ1) is 12.5. The number of allylic oxidation sites excluding steroid dienone is 2. The van der Waals surface area contributed by atoms with Crippen LogP contribution in [0.2, 0.25) is 0 Å². The van der Waals surface area contributed by atoms with Crippen molar-refractivity contribution in [3.8, 4) is 0 Å². The number of rotatable bonds is 6. The van der Waals surface area contributed by atoms with Gasteiger partial charge in [-0.15, -0.1) is 0 Å². The number of hydrogen-bond donors (Lipinski definition) is 2. The fraction of sp³-hybridized carbons (Fsp3) is 0.400. The Labute approximate surface area is 156 Å². The number of aliphatic hydroxyl groups excluding tert-OH is 1. The van der Waals surface area contributed by atoms with Crippen molar-refractivity contribution in [2.45, 2.75) is 49.1 Å². The summed E-state index contributed by atoms with van der Waals surface area (Å²) in [5, 5.41) is 10.1. The van der Waals surface area contributed by atoms with Crippen LogP contribution in [-0.4, -0.2) is 21.3 Å². The van der Waals surface area contributed by atoms with Gasteiger partial charge in [-0.3, -0.25) is 14.3 Å². The predicted octanol–water partition coefficient (Wildman–Crippen LogP) is 3.14. The van der Waals surface area contributed by atoms with Crippen molar-refractivity contribution in [2.24, 2.45) is 5.92 Å². The normalized spacial score (nSPS) is 16.9. The first-order valence-corrected chi connectivity index (χ1v) is 9.70. The molecule has 1 aromatic heterocycles. The van der Waals surface area contributed by atoms with Gasteiger partial charge in [0.25, 0.3) is 5.56 Å². The van der Waals surface area contributed by atoms with Crippen LogP contribution in [0.15, 0.2) is 61.5 Å². The van der Waals surface area contributed by atoms with Crippen LogP contribution >= 0.6 is 11.8 Å². The molecule has 1 aliphatic rings. The molecule has 0 saturated carbocycles. The molecule has 1 atom stereocenters. The Bertz CT molecular complexity index is 913. The maximum atomic E-state index is 12.6. The molecule has 0 radical (unpaired) electrons. The first-order valence-electron chi connectivity index (χ1n) is 8.88. The molecule has 1 aromatic carbocycles. The second kappa shape index (κ2) is 8.10. The van der Waals surface area contributed by atoms with Crippen LogP contribution < -0.4 is 11.2 Å². The van der Waals surface area contributed by atoms with E-state index < -0.39 is 0 Å². The standard InChI is InChI=1S/C20H24N2O3S/c1-13(2)17-18(24)21-20(25)22(11-14-8-9-15(10-14)12-23)19(17)26-16-6-4-3-5-7-16/h3-8,13,15,23H,9-12H2,1-2H3,(H,21,24,25). The second-order valence-corrected chi connectivity index (χ2v) is 8.05. The Morgan fingerprint density at radius 1 is 1.27 bits per heavy atom. The maximum absolute atomic E-state index is 12.6. The highest BCUT2D eigenvalue weighted by Crippen LogP contribution is 2.33. The monoisotopic (exact) mass is 372 g/mol. The highest BCUT2D eigenvalue weighted by atomic mass is 32.2. The lowest BCUT2D eigenvalue weighted by molar-refractivity contribution is 0.232. The van der Waals surface area contributed by atoms with Crippen molar-refractivity contribution in [1.82, 2.24) is 9.55 Å². The molecule has 3 rings (SSSR count). The summed E-state index contributed by atoms with van der Waals surface area (Å²) in [5.41, 5.74) is 1.07. The summed E-state index contributed by atoms with van der Waals surface area (Å²) in [6, 6.07) is 9.77. The number of aromatic amines is 1. The van der Waals surface area contributed by atoms with E-state index >= 15 is 0 Å². The lowest BCUT2D eigenvalue weighted by atomic mass is 10.1. The molecule has 0 fully saturated rings. The van der Waals surface area contributed by atoms with Crippen molar-refractivity contribution in [2.75, 3.05) is 6.61 Å². The summed E-state index contributed by atoms with van der Waals surface area (Å²) in [6.07, 6.45) is 3.72. The first kappa shape index (κ1) is 18.7. The number of benzene rings is 1. The summed E-state index contributed by atoms with van der Waals surface area (Å²) < 4.78 is 1.67. The van der Waals surface area contributed by atoms with Crippen LogP contribution in [0, 0.1) is 5.92 Å². The Kier molecular flexibility index (Phi) is 5.84. The van der Waals surface area contributed by atoms with E-state index in [1.165, 1.54) is 11.8 Å². The van der Waals surface area contributed by atoms with E-state index in [1.54, 1.807) is 4.57 Å². The molecule has 1 unspecified atom stereocenters. The molecule has 0 bridgehead atoms. The fourth-order valence-corrected chi connectivity index (χ4v) is 4.48. The molecular formula is C20H24N2O3S. The van der Waals surface area contributed by atoms with E-state index in [2.05, 4.69) is 11.1 Å². The Morgan fingerprint density at radius 3 is 2.62 bits per heavy atom.